The van der Waals surface area contributed by atoms with Gasteiger partial charge in [0.15, 0.2) is 0 Å². The van der Waals surface area contributed by atoms with Crippen LogP contribution in [0, 0.1) is 0 Å². The molecule has 3 N–H and O–H groups in total. The Kier molecular flexibility index (Phi) is 7.47. The number of phenols is 1. The van der Waals surface area contributed by atoms with Crippen molar-refractivity contribution < 1.29 is 14.7 Å². The van der Waals surface area contributed by atoms with Gasteiger partial charge in [-0.25, -0.2) is 0 Å². The summed E-state index contributed by atoms with van der Waals surface area (Å²) < 4.78 is 0. The van der Waals surface area contributed by atoms with E-state index < -0.39 is 0 Å². The molecular formula is C22H36N2O3. The van der Waals surface area contributed by atoms with E-state index in [4.69, 9.17) is 0 Å². The van der Waals surface area contributed by atoms with Crippen LogP contribution in [-0.4, -0.2) is 29.5 Å². The van der Waals surface area contributed by atoms with Gasteiger partial charge in [0.25, 0.3) is 0 Å². The lowest BCUT2D eigenvalue weighted by Crippen LogP contribution is -2.39. The highest BCUT2D eigenvalue weighted by Crippen LogP contribution is 2.39. The minimum Gasteiger partial charge on any atom is -0.507 e. The first kappa shape index (κ1) is 23.0. The smallest absolute Gasteiger partial charge is 0.239 e. The average Bonchev–Trinajstić information content (AvgIpc) is 2.48. The molecule has 27 heavy (non-hydrogen) atoms. The maximum Gasteiger partial charge on any atom is 0.239 e. The maximum absolute atomic E-state index is 12.1. The third-order valence-corrected chi connectivity index (χ3v) is 4.32. The van der Waals surface area contributed by atoms with Crippen LogP contribution >= 0.6 is 0 Å². The number of nitrogens with one attached hydrogen (secondary N) is 2. The molecule has 0 saturated heterocycles. The summed E-state index contributed by atoms with van der Waals surface area (Å²) in [6.07, 6.45) is 0.858. The fourth-order valence-corrected chi connectivity index (χ4v) is 2.88. The summed E-state index contributed by atoms with van der Waals surface area (Å²) in [5.74, 6) is -0.00169. The summed E-state index contributed by atoms with van der Waals surface area (Å²) in [6.45, 7) is 16.2. The van der Waals surface area contributed by atoms with Gasteiger partial charge in [-0.2, -0.15) is 0 Å². The second-order valence-corrected chi connectivity index (χ2v) is 9.54. The predicted octanol–water partition coefficient (Wildman–Crippen LogP) is 3.56. The Bertz CT molecular complexity index is 645. The number of benzene rings is 1. The summed E-state index contributed by atoms with van der Waals surface area (Å²) >= 11 is 0. The third-order valence-electron chi connectivity index (χ3n) is 4.32. The van der Waals surface area contributed by atoms with Gasteiger partial charge >= 0.3 is 0 Å². The minimum absolute atomic E-state index is 0.00687. The standard InChI is InChI=1S/C22H36N2O3/c1-14(2)24-19(26)13-23-18(25)10-9-15-11-16(21(3,4)5)20(27)17(12-15)22(6,7)8/h11-12,14,27H,9-10,13H2,1-8H3,(H,23,25)(H,24,26). The lowest BCUT2D eigenvalue weighted by atomic mass is 9.78. The van der Waals surface area contributed by atoms with Gasteiger partial charge in [0.05, 0.1) is 6.54 Å². The molecule has 0 spiro atoms. The summed E-state index contributed by atoms with van der Waals surface area (Å²) in [7, 11) is 0. The number of carbonyl (C=O) groups is 2. The van der Waals surface area contributed by atoms with Crippen molar-refractivity contribution in [1.82, 2.24) is 10.6 Å². The number of aromatic hydroxyl groups is 1. The Morgan fingerprint density at radius 2 is 1.44 bits per heavy atom. The Morgan fingerprint density at radius 3 is 1.85 bits per heavy atom. The van der Waals surface area contributed by atoms with Gasteiger partial charge in [-0.1, -0.05) is 53.7 Å². The number of aryl methyl sites for hydroxylation is 1. The number of rotatable bonds is 6. The van der Waals surface area contributed by atoms with E-state index in [9.17, 15) is 14.7 Å². The zero-order chi connectivity index (χ0) is 21.0. The van der Waals surface area contributed by atoms with Gasteiger partial charge in [-0.15, -0.1) is 0 Å². The molecule has 0 bridgehead atoms. The number of hydrogen-bond acceptors (Lipinski definition) is 3. The molecule has 0 saturated carbocycles. The van der Waals surface area contributed by atoms with E-state index in [1.807, 2.05) is 26.0 Å². The van der Waals surface area contributed by atoms with E-state index in [0.29, 0.717) is 18.6 Å². The molecule has 0 heterocycles. The van der Waals surface area contributed by atoms with E-state index in [2.05, 4.69) is 52.2 Å². The molecule has 2 amide bonds. The summed E-state index contributed by atoms with van der Waals surface area (Å²) in [4.78, 5) is 23.7. The number of carbonyl (C=O) groups excluding carboxylic acids is 2. The van der Waals surface area contributed by atoms with Crippen LogP contribution in [0.25, 0.3) is 0 Å². The lowest BCUT2D eigenvalue weighted by molar-refractivity contribution is -0.126. The molecule has 0 radical (unpaired) electrons. The number of phenolic OH excluding ortho intramolecular Hbond substituents is 1. The van der Waals surface area contributed by atoms with Gasteiger partial charge in [-0.3, -0.25) is 9.59 Å². The molecule has 0 unspecified atom stereocenters. The molecule has 5 heteroatoms. The van der Waals surface area contributed by atoms with Crippen molar-refractivity contribution in [2.75, 3.05) is 6.54 Å². The van der Waals surface area contributed by atoms with Gasteiger partial charge in [0.2, 0.25) is 11.8 Å². The molecule has 5 nitrogen and oxygen atoms in total. The van der Waals surface area contributed by atoms with Crippen molar-refractivity contribution in [3.63, 3.8) is 0 Å². The van der Waals surface area contributed by atoms with E-state index in [1.165, 1.54) is 0 Å². The first-order valence-corrected chi connectivity index (χ1v) is 9.64. The summed E-state index contributed by atoms with van der Waals surface area (Å²) in [5.41, 5.74) is 2.40. The third kappa shape index (κ3) is 7.24. The van der Waals surface area contributed by atoms with Crippen LogP contribution in [0.1, 0.15) is 78.5 Å². The second-order valence-electron chi connectivity index (χ2n) is 9.54. The zero-order valence-corrected chi connectivity index (χ0v) is 18.1. The van der Waals surface area contributed by atoms with Crippen LogP contribution in [0.15, 0.2) is 12.1 Å². The second kappa shape index (κ2) is 8.77. The van der Waals surface area contributed by atoms with Crippen molar-refractivity contribution in [3.8, 4) is 5.75 Å². The van der Waals surface area contributed by atoms with Crippen LogP contribution in [0.3, 0.4) is 0 Å². The highest BCUT2D eigenvalue weighted by molar-refractivity contribution is 5.84. The van der Waals surface area contributed by atoms with Crippen LogP contribution in [0.5, 0.6) is 5.75 Å². The summed E-state index contributed by atoms with van der Waals surface area (Å²) in [5, 5.41) is 16.2. The Morgan fingerprint density at radius 1 is 0.963 bits per heavy atom. The van der Waals surface area contributed by atoms with Gasteiger partial charge < -0.3 is 15.7 Å². The van der Waals surface area contributed by atoms with E-state index >= 15 is 0 Å². The highest BCUT2D eigenvalue weighted by atomic mass is 16.3. The van der Waals surface area contributed by atoms with Crippen LogP contribution in [0.4, 0.5) is 0 Å². The van der Waals surface area contributed by atoms with E-state index in [0.717, 1.165) is 16.7 Å². The Balaban J connectivity index is 2.89. The molecule has 0 fully saturated rings. The summed E-state index contributed by atoms with van der Waals surface area (Å²) in [6, 6.07) is 4.03. The molecular weight excluding hydrogens is 340 g/mol. The van der Waals surface area contributed by atoms with Crippen LogP contribution in [0.2, 0.25) is 0 Å². The topological polar surface area (TPSA) is 78.4 Å². The Hall–Kier alpha value is -2.04. The van der Waals surface area contributed by atoms with Gasteiger partial charge in [0, 0.05) is 12.5 Å². The molecule has 1 aromatic carbocycles. The van der Waals surface area contributed by atoms with E-state index in [1.54, 1.807) is 0 Å². The quantitative estimate of drug-likeness (QED) is 0.710. The van der Waals surface area contributed by atoms with Crippen molar-refractivity contribution >= 4 is 11.8 Å². The molecule has 152 valence electrons. The normalized spacial score (nSPS) is 12.2. The first-order valence-electron chi connectivity index (χ1n) is 9.64. The van der Waals surface area contributed by atoms with E-state index in [-0.39, 0.29) is 35.2 Å². The average molecular weight is 377 g/mol. The highest BCUT2D eigenvalue weighted by Gasteiger charge is 2.26. The fourth-order valence-electron chi connectivity index (χ4n) is 2.88. The van der Waals surface area contributed by atoms with Crippen LogP contribution < -0.4 is 10.6 Å². The molecule has 0 aliphatic rings. The Labute approximate surface area is 163 Å². The van der Waals surface area contributed by atoms with Gasteiger partial charge in [-0.05, 0) is 47.8 Å². The first-order chi connectivity index (χ1) is 12.2. The molecule has 0 atom stereocenters. The van der Waals surface area contributed by atoms with Crippen molar-refractivity contribution in [2.45, 2.75) is 85.1 Å². The largest absolute Gasteiger partial charge is 0.507 e. The van der Waals surface area contributed by atoms with Crippen molar-refractivity contribution in [2.24, 2.45) is 0 Å². The number of hydrogen-bond donors (Lipinski definition) is 3. The molecule has 1 aromatic rings. The lowest BCUT2D eigenvalue weighted by Gasteiger charge is -2.28. The molecule has 0 aliphatic heterocycles. The molecule has 1 rings (SSSR count). The predicted molar refractivity (Wildman–Crippen MR) is 110 cm³/mol. The van der Waals surface area contributed by atoms with Crippen molar-refractivity contribution in [1.29, 1.82) is 0 Å². The maximum atomic E-state index is 12.1. The zero-order valence-electron chi connectivity index (χ0n) is 18.1. The number of amides is 2. The van der Waals surface area contributed by atoms with Crippen molar-refractivity contribution in [3.05, 3.63) is 28.8 Å². The van der Waals surface area contributed by atoms with Crippen LogP contribution in [-0.2, 0) is 26.8 Å². The minimum atomic E-state index is -0.197. The SMILES string of the molecule is CC(C)NC(=O)CNC(=O)CCc1cc(C(C)(C)C)c(O)c(C(C)(C)C)c1. The molecule has 0 aromatic heterocycles. The molecule has 0 aliphatic carbocycles. The fraction of sp³-hybridized carbons (Fsp3) is 0.636. The monoisotopic (exact) mass is 376 g/mol. The van der Waals surface area contributed by atoms with Gasteiger partial charge in [0.1, 0.15) is 5.75 Å².